The van der Waals surface area contributed by atoms with Gasteiger partial charge in [-0.2, -0.15) is 0 Å². The highest BCUT2D eigenvalue weighted by Crippen LogP contribution is 2.30. The van der Waals surface area contributed by atoms with Crippen molar-refractivity contribution >= 4 is 23.2 Å². The zero-order valence-electron chi connectivity index (χ0n) is 11.6. The molecule has 0 aliphatic heterocycles. The van der Waals surface area contributed by atoms with Gasteiger partial charge in [-0.1, -0.05) is 35.3 Å². The molecule has 0 saturated heterocycles. The van der Waals surface area contributed by atoms with E-state index in [1.807, 2.05) is 27.0 Å². The fraction of sp³-hybridized carbons (Fsp3) is 0.250. The Kier molecular flexibility index (Phi) is 4.69. The molecule has 2 aromatic carbocycles. The van der Waals surface area contributed by atoms with Crippen molar-refractivity contribution in [3.05, 3.63) is 68.4 Å². The summed E-state index contributed by atoms with van der Waals surface area (Å²) in [6.45, 7) is 3.98. The summed E-state index contributed by atoms with van der Waals surface area (Å²) in [5, 5.41) is 4.12. The summed E-state index contributed by atoms with van der Waals surface area (Å²) >= 11 is 12.0. The van der Waals surface area contributed by atoms with E-state index in [0.717, 1.165) is 27.3 Å². The van der Waals surface area contributed by atoms with E-state index in [4.69, 9.17) is 23.2 Å². The Bertz CT molecular complexity index is 641. The van der Waals surface area contributed by atoms with Crippen LogP contribution in [0.2, 0.25) is 10.0 Å². The molecule has 0 aliphatic carbocycles. The number of aryl methyl sites for hydroxylation is 2. The predicted molar refractivity (Wildman–Crippen MR) is 83.2 cm³/mol. The first kappa shape index (κ1) is 15.3. The Morgan fingerprint density at radius 2 is 1.70 bits per heavy atom. The molecule has 0 spiro atoms. The van der Waals surface area contributed by atoms with Crippen molar-refractivity contribution in [2.45, 2.75) is 19.9 Å². The van der Waals surface area contributed by atoms with Crippen LogP contribution in [0.25, 0.3) is 0 Å². The second kappa shape index (κ2) is 6.13. The van der Waals surface area contributed by atoms with E-state index < -0.39 is 5.82 Å². The summed E-state index contributed by atoms with van der Waals surface area (Å²) in [5.74, 6) is -0.408. The van der Waals surface area contributed by atoms with Crippen LogP contribution >= 0.6 is 23.2 Å². The number of hydrogen-bond donors (Lipinski definition) is 1. The van der Waals surface area contributed by atoms with E-state index in [-0.39, 0.29) is 11.1 Å². The standard InChI is InChI=1S/C16H16Cl2FN/c1-9-7-13(17)10(2)6-12(9)16(20-3)11-4-5-15(19)14(18)8-11/h4-8,16,20H,1-3H3. The van der Waals surface area contributed by atoms with Crippen molar-refractivity contribution in [1.82, 2.24) is 5.32 Å². The molecular weight excluding hydrogens is 296 g/mol. The summed E-state index contributed by atoms with van der Waals surface area (Å²) in [6.07, 6.45) is 0. The van der Waals surface area contributed by atoms with Gasteiger partial charge in [-0.15, -0.1) is 0 Å². The van der Waals surface area contributed by atoms with Gasteiger partial charge in [-0.25, -0.2) is 4.39 Å². The summed E-state index contributed by atoms with van der Waals surface area (Å²) in [5.41, 5.74) is 4.13. The molecule has 0 heterocycles. The molecule has 0 radical (unpaired) electrons. The molecule has 1 N–H and O–H groups in total. The van der Waals surface area contributed by atoms with E-state index in [2.05, 4.69) is 11.4 Å². The smallest absolute Gasteiger partial charge is 0.141 e. The lowest BCUT2D eigenvalue weighted by molar-refractivity contribution is 0.623. The molecule has 1 nitrogen and oxygen atoms in total. The van der Waals surface area contributed by atoms with Gasteiger partial charge in [0.05, 0.1) is 11.1 Å². The molecule has 106 valence electrons. The number of hydrogen-bond acceptors (Lipinski definition) is 1. The molecule has 1 unspecified atom stereocenters. The van der Waals surface area contributed by atoms with Crippen molar-refractivity contribution in [3.63, 3.8) is 0 Å². The van der Waals surface area contributed by atoms with Crippen LogP contribution in [0, 0.1) is 19.7 Å². The number of nitrogens with one attached hydrogen (secondary N) is 1. The van der Waals surface area contributed by atoms with Crippen molar-refractivity contribution < 1.29 is 4.39 Å². The van der Waals surface area contributed by atoms with E-state index in [9.17, 15) is 4.39 Å². The first-order valence-corrected chi connectivity index (χ1v) is 7.08. The van der Waals surface area contributed by atoms with Gasteiger partial charge in [0.1, 0.15) is 5.82 Å². The molecule has 4 heteroatoms. The first-order valence-electron chi connectivity index (χ1n) is 6.33. The quantitative estimate of drug-likeness (QED) is 0.835. The molecule has 1 atom stereocenters. The van der Waals surface area contributed by atoms with Crippen LogP contribution in [0.3, 0.4) is 0 Å². The Balaban J connectivity index is 2.52. The van der Waals surface area contributed by atoms with Gasteiger partial charge in [0, 0.05) is 5.02 Å². The maximum absolute atomic E-state index is 13.3. The van der Waals surface area contributed by atoms with Crippen molar-refractivity contribution in [2.24, 2.45) is 0 Å². The van der Waals surface area contributed by atoms with Crippen LogP contribution < -0.4 is 5.32 Å². The van der Waals surface area contributed by atoms with Crippen LogP contribution in [0.5, 0.6) is 0 Å². The topological polar surface area (TPSA) is 12.0 Å². The lowest BCUT2D eigenvalue weighted by Crippen LogP contribution is -2.19. The maximum atomic E-state index is 13.3. The highest BCUT2D eigenvalue weighted by molar-refractivity contribution is 6.31. The van der Waals surface area contributed by atoms with E-state index in [1.54, 1.807) is 12.1 Å². The van der Waals surface area contributed by atoms with Gasteiger partial charge in [0.15, 0.2) is 0 Å². The van der Waals surface area contributed by atoms with Gasteiger partial charge in [0.2, 0.25) is 0 Å². The fourth-order valence-corrected chi connectivity index (χ4v) is 2.72. The van der Waals surface area contributed by atoms with Crippen LogP contribution in [0.4, 0.5) is 4.39 Å². The third kappa shape index (κ3) is 2.98. The Morgan fingerprint density at radius 1 is 1.00 bits per heavy atom. The summed E-state index contributed by atoms with van der Waals surface area (Å²) in [7, 11) is 1.87. The summed E-state index contributed by atoms with van der Waals surface area (Å²) in [4.78, 5) is 0. The lowest BCUT2D eigenvalue weighted by atomic mass is 9.93. The number of halogens is 3. The van der Waals surface area contributed by atoms with E-state index in [1.165, 1.54) is 6.07 Å². The average Bonchev–Trinajstić information content (AvgIpc) is 2.40. The predicted octanol–water partition coefficient (Wildman–Crippen LogP) is 5.06. The minimum Gasteiger partial charge on any atom is -0.309 e. The molecular formula is C16H16Cl2FN. The molecule has 0 aliphatic rings. The second-order valence-corrected chi connectivity index (χ2v) is 5.67. The van der Waals surface area contributed by atoms with E-state index in [0.29, 0.717) is 0 Å². The van der Waals surface area contributed by atoms with Crippen LogP contribution in [-0.4, -0.2) is 7.05 Å². The Morgan fingerprint density at radius 3 is 2.30 bits per heavy atom. The maximum Gasteiger partial charge on any atom is 0.141 e. The van der Waals surface area contributed by atoms with Gasteiger partial charge in [0.25, 0.3) is 0 Å². The number of benzene rings is 2. The summed E-state index contributed by atoms with van der Waals surface area (Å²) < 4.78 is 13.3. The van der Waals surface area contributed by atoms with Crippen LogP contribution in [0.1, 0.15) is 28.3 Å². The zero-order valence-corrected chi connectivity index (χ0v) is 13.1. The molecule has 0 amide bonds. The number of rotatable bonds is 3. The second-order valence-electron chi connectivity index (χ2n) is 4.85. The van der Waals surface area contributed by atoms with Crippen molar-refractivity contribution in [2.75, 3.05) is 7.05 Å². The SMILES string of the molecule is CNC(c1ccc(F)c(Cl)c1)c1cc(C)c(Cl)cc1C. The molecule has 0 fully saturated rings. The molecule has 0 aromatic heterocycles. The Hall–Kier alpha value is -1.09. The van der Waals surface area contributed by atoms with Crippen molar-refractivity contribution in [1.29, 1.82) is 0 Å². The van der Waals surface area contributed by atoms with Gasteiger partial charge in [-0.05, 0) is 61.3 Å². The molecule has 2 rings (SSSR count). The highest BCUT2D eigenvalue weighted by Gasteiger charge is 2.16. The largest absolute Gasteiger partial charge is 0.309 e. The third-order valence-corrected chi connectivity index (χ3v) is 4.12. The highest BCUT2D eigenvalue weighted by atomic mass is 35.5. The van der Waals surface area contributed by atoms with Crippen molar-refractivity contribution in [3.8, 4) is 0 Å². The fourth-order valence-electron chi connectivity index (χ4n) is 2.31. The Labute approximate surface area is 128 Å². The monoisotopic (exact) mass is 311 g/mol. The molecule has 0 bridgehead atoms. The molecule has 20 heavy (non-hydrogen) atoms. The molecule has 2 aromatic rings. The van der Waals surface area contributed by atoms with E-state index >= 15 is 0 Å². The zero-order chi connectivity index (χ0) is 14.9. The van der Waals surface area contributed by atoms with Gasteiger partial charge >= 0.3 is 0 Å². The summed E-state index contributed by atoms with van der Waals surface area (Å²) in [6, 6.07) is 8.73. The third-order valence-electron chi connectivity index (χ3n) is 3.42. The lowest BCUT2D eigenvalue weighted by Gasteiger charge is -2.21. The van der Waals surface area contributed by atoms with Gasteiger partial charge < -0.3 is 5.32 Å². The molecule has 0 saturated carbocycles. The normalized spacial score (nSPS) is 12.5. The first-order chi connectivity index (χ1) is 9.43. The van der Waals surface area contributed by atoms with Crippen LogP contribution in [0.15, 0.2) is 30.3 Å². The van der Waals surface area contributed by atoms with Crippen LogP contribution in [-0.2, 0) is 0 Å². The van der Waals surface area contributed by atoms with Gasteiger partial charge in [-0.3, -0.25) is 0 Å². The minimum atomic E-state index is -0.408. The minimum absolute atomic E-state index is 0.0518. The average molecular weight is 312 g/mol.